The number of benzene rings is 3. The van der Waals surface area contributed by atoms with Gasteiger partial charge in [-0.05, 0) is 112 Å². The van der Waals surface area contributed by atoms with Gasteiger partial charge < -0.3 is 10.2 Å². The molecule has 0 amide bonds. The summed E-state index contributed by atoms with van der Waals surface area (Å²) in [7, 11) is 0. The Hall–Kier alpha value is -5.18. The van der Waals surface area contributed by atoms with E-state index in [0.29, 0.717) is 11.8 Å². The maximum atomic E-state index is 7.72. The van der Waals surface area contributed by atoms with Crippen LogP contribution in [0.25, 0.3) is 33.4 Å². The molecule has 0 spiro atoms. The molecule has 52 heavy (non-hydrogen) atoms. The lowest BCUT2D eigenvalue weighted by Crippen LogP contribution is -2.36. The van der Waals surface area contributed by atoms with Crippen LogP contribution >= 0.6 is 0 Å². The van der Waals surface area contributed by atoms with Gasteiger partial charge in [0.15, 0.2) is 0 Å². The first-order chi connectivity index (χ1) is 25.4. The predicted molar refractivity (Wildman–Crippen MR) is 216 cm³/mol. The summed E-state index contributed by atoms with van der Waals surface area (Å²) in [6, 6.07) is 24.5. The Morgan fingerprint density at radius 1 is 0.808 bits per heavy atom. The van der Waals surface area contributed by atoms with Gasteiger partial charge in [-0.15, -0.1) is 0 Å². The molecular formula is C50H45NO. The lowest BCUT2D eigenvalue weighted by atomic mass is 9.66. The van der Waals surface area contributed by atoms with Crippen molar-refractivity contribution in [2.24, 2.45) is 17.6 Å². The van der Waals surface area contributed by atoms with Crippen molar-refractivity contribution in [1.82, 2.24) is 0 Å². The molecule has 0 aliphatic heterocycles. The Balaban J connectivity index is 1.12. The number of rotatable bonds is 4. The molecule has 0 bridgehead atoms. The van der Waals surface area contributed by atoms with E-state index < -0.39 is 5.54 Å². The number of hydrogen-bond acceptors (Lipinski definition) is 2. The van der Waals surface area contributed by atoms with Crippen molar-refractivity contribution >= 4 is 11.0 Å². The summed E-state index contributed by atoms with van der Waals surface area (Å²) < 4.78 is 7.13. The third kappa shape index (κ3) is 4.81. The number of nitrogens with two attached hydrogens (primary N) is 1. The van der Waals surface area contributed by atoms with E-state index in [-0.39, 0.29) is 11.3 Å². The van der Waals surface area contributed by atoms with Crippen molar-refractivity contribution in [3.63, 3.8) is 0 Å². The zero-order valence-corrected chi connectivity index (χ0v) is 30.1. The van der Waals surface area contributed by atoms with Gasteiger partial charge in [-0.25, -0.2) is 0 Å². The highest BCUT2D eigenvalue weighted by molar-refractivity contribution is 5.99. The third-order valence-electron chi connectivity index (χ3n) is 12.8. The lowest BCUT2D eigenvalue weighted by Gasteiger charge is -2.37. The molecule has 6 aliphatic rings. The Morgan fingerprint density at radius 2 is 1.65 bits per heavy atom. The molecule has 2 heteroatoms. The molecule has 2 N–H and O–H groups in total. The maximum Gasteiger partial charge on any atom is 0.142 e. The van der Waals surface area contributed by atoms with Crippen LogP contribution in [0.4, 0.5) is 0 Å². The molecule has 0 fully saturated rings. The van der Waals surface area contributed by atoms with E-state index in [9.17, 15) is 0 Å². The predicted octanol–water partition coefficient (Wildman–Crippen LogP) is 12.4. The van der Waals surface area contributed by atoms with Gasteiger partial charge in [-0.3, -0.25) is 0 Å². The van der Waals surface area contributed by atoms with E-state index >= 15 is 0 Å². The van der Waals surface area contributed by atoms with E-state index in [0.717, 1.165) is 53.7 Å². The van der Waals surface area contributed by atoms with Crippen LogP contribution < -0.4 is 5.73 Å². The molecule has 3 aromatic carbocycles. The summed E-state index contributed by atoms with van der Waals surface area (Å²) in [5, 5.41) is 1.19. The van der Waals surface area contributed by atoms with Crippen LogP contribution in [0.1, 0.15) is 68.6 Å². The number of allylic oxidation sites excluding steroid dienone is 15. The SMILES string of the molecule is CC1(C)c2ccccc2-c2oc3c(-c4cccc([C@]5(N)C=C(C6=CCCC=C6)C=C5C5=CC=C6C=CCCC6C5)c4)cccc3c2C2C=CC=CC21. The minimum atomic E-state index is -0.760. The second-order valence-electron chi connectivity index (χ2n) is 16.1. The van der Waals surface area contributed by atoms with Crippen LogP contribution in [-0.2, 0) is 11.0 Å². The van der Waals surface area contributed by atoms with Crippen molar-refractivity contribution < 1.29 is 4.42 Å². The molecule has 1 heterocycles. The Labute approximate surface area is 307 Å². The molecule has 1 aromatic heterocycles. The largest absolute Gasteiger partial charge is 0.455 e. The fourth-order valence-corrected chi connectivity index (χ4v) is 10.0. The quantitative estimate of drug-likeness (QED) is 0.234. The molecule has 0 saturated carbocycles. The van der Waals surface area contributed by atoms with Gasteiger partial charge in [0.25, 0.3) is 0 Å². The number of hydrogen-bond donors (Lipinski definition) is 1. The topological polar surface area (TPSA) is 39.2 Å². The minimum Gasteiger partial charge on any atom is -0.455 e. The molecule has 4 aromatic rings. The molecule has 4 atom stereocenters. The van der Waals surface area contributed by atoms with E-state index in [1.807, 2.05) is 0 Å². The lowest BCUT2D eigenvalue weighted by molar-refractivity contribution is 0.357. The van der Waals surface area contributed by atoms with Crippen molar-refractivity contribution in [2.75, 3.05) is 0 Å². The Bertz CT molecular complexity index is 2440. The zero-order valence-electron chi connectivity index (χ0n) is 30.1. The first-order valence-corrected chi connectivity index (χ1v) is 19.2. The number of furan rings is 1. The number of fused-ring (bicyclic) bond motifs is 8. The molecule has 10 rings (SSSR count). The molecule has 0 saturated heterocycles. The third-order valence-corrected chi connectivity index (χ3v) is 12.8. The second-order valence-corrected chi connectivity index (χ2v) is 16.1. The Kier molecular flexibility index (Phi) is 7.24. The van der Waals surface area contributed by atoms with E-state index in [4.69, 9.17) is 10.2 Å². The smallest absolute Gasteiger partial charge is 0.142 e. The molecule has 6 aliphatic carbocycles. The summed E-state index contributed by atoms with van der Waals surface area (Å²) in [6.45, 7) is 4.77. The highest BCUT2D eigenvalue weighted by Crippen LogP contribution is 2.55. The second kappa shape index (κ2) is 11.9. The van der Waals surface area contributed by atoms with Crippen LogP contribution in [0.2, 0.25) is 0 Å². The van der Waals surface area contributed by atoms with Gasteiger partial charge in [0.05, 0.1) is 5.54 Å². The highest BCUT2D eigenvalue weighted by atomic mass is 16.3. The fraction of sp³-hybridized carbons (Fsp3) is 0.240. The average Bonchev–Trinajstić information content (AvgIpc) is 3.75. The number of para-hydroxylation sites is 1. The van der Waals surface area contributed by atoms with Crippen LogP contribution in [0.3, 0.4) is 0 Å². The van der Waals surface area contributed by atoms with Crippen molar-refractivity contribution in [3.8, 4) is 22.5 Å². The standard InChI is InChI=1S/C50H45NO/c1-49(2)43-24-10-8-20-40(43)46-42-23-13-22-39(47(42)52-48(46)41-21-9-11-25-44(41)49)35-18-12-19-38(29-35)50(51)31-37(32-14-4-3-5-15-32)30-45(50)36-27-26-33-16-6-7-17-34(33)28-36/h4,6,8-16,18-27,29-31,34,40,43H,3,5,7,17,28,51H2,1-2H3/t34?,40?,43?,50-/m1/s1. The van der Waals surface area contributed by atoms with Gasteiger partial charge >= 0.3 is 0 Å². The monoisotopic (exact) mass is 675 g/mol. The summed E-state index contributed by atoms with van der Waals surface area (Å²) in [6.07, 6.45) is 35.7. The van der Waals surface area contributed by atoms with Crippen LogP contribution in [0, 0.1) is 11.8 Å². The molecule has 3 unspecified atom stereocenters. The summed E-state index contributed by atoms with van der Waals surface area (Å²) in [5.74, 6) is 2.09. The molecule has 2 nitrogen and oxygen atoms in total. The summed E-state index contributed by atoms with van der Waals surface area (Å²) in [4.78, 5) is 0. The molecule has 0 radical (unpaired) electrons. The normalized spacial score (nSPS) is 26.7. The summed E-state index contributed by atoms with van der Waals surface area (Å²) in [5.41, 5.74) is 21.5. The van der Waals surface area contributed by atoms with E-state index in [2.05, 4.69) is 160 Å². The van der Waals surface area contributed by atoms with Gasteiger partial charge in [-0.2, -0.15) is 0 Å². The van der Waals surface area contributed by atoms with Crippen LogP contribution in [0.5, 0.6) is 0 Å². The first-order valence-electron chi connectivity index (χ1n) is 19.2. The molecule has 256 valence electrons. The van der Waals surface area contributed by atoms with Gasteiger partial charge in [0, 0.05) is 28.0 Å². The fourth-order valence-electron chi connectivity index (χ4n) is 10.0. The van der Waals surface area contributed by atoms with Crippen LogP contribution in [-0.4, -0.2) is 0 Å². The van der Waals surface area contributed by atoms with Crippen molar-refractivity contribution in [3.05, 3.63) is 190 Å². The Morgan fingerprint density at radius 3 is 2.56 bits per heavy atom. The van der Waals surface area contributed by atoms with Gasteiger partial charge in [0.1, 0.15) is 11.3 Å². The highest BCUT2D eigenvalue weighted by Gasteiger charge is 2.44. The van der Waals surface area contributed by atoms with Gasteiger partial charge in [-0.1, -0.05) is 141 Å². The summed E-state index contributed by atoms with van der Waals surface area (Å²) >= 11 is 0. The van der Waals surface area contributed by atoms with E-state index in [1.54, 1.807) is 0 Å². The van der Waals surface area contributed by atoms with Crippen molar-refractivity contribution in [1.29, 1.82) is 0 Å². The van der Waals surface area contributed by atoms with Crippen molar-refractivity contribution in [2.45, 2.75) is 62.8 Å². The van der Waals surface area contributed by atoms with Crippen LogP contribution in [0.15, 0.2) is 178 Å². The zero-order chi connectivity index (χ0) is 35.0. The maximum absolute atomic E-state index is 7.72. The first kappa shape index (κ1) is 31.5. The van der Waals surface area contributed by atoms with Gasteiger partial charge in [0.2, 0.25) is 0 Å². The minimum absolute atomic E-state index is 0.0566. The molecular weight excluding hydrogens is 631 g/mol. The average molecular weight is 676 g/mol. The van der Waals surface area contributed by atoms with E-state index in [1.165, 1.54) is 56.4 Å².